The summed E-state index contributed by atoms with van der Waals surface area (Å²) in [5, 5.41) is 2.60. The number of carbonyl (C=O) groups excluding carboxylic acids is 1. The van der Waals surface area contributed by atoms with E-state index in [1.165, 1.54) is 24.4 Å². The zero-order valence-corrected chi connectivity index (χ0v) is 20.1. The van der Waals surface area contributed by atoms with E-state index in [-0.39, 0.29) is 11.4 Å². The molecular weight excluding hydrogens is 498 g/mol. The Morgan fingerprint density at radius 3 is 2.50 bits per heavy atom. The molecule has 1 aromatic carbocycles. The highest BCUT2D eigenvalue weighted by Crippen LogP contribution is 2.38. The number of aromatic amines is 1. The summed E-state index contributed by atoms with van der Waals surface area (Å²) in [6.07, 6.45) is -0.418. The monoisotopic (exact) mass is 519 g/mol. The maximum atomic E-state index is 14.3. The molecule has 1 amide bonds. The summed E-state index contributed by atoms with van der Waals surface area (Å²) < 4.78 is 54.2. The number of aryl methyl sites for hydroxylation is 1. The lowest BCUT2D eigenvalue weighted by Crippen LogP contribution is -2.23. The summed E-state index contributed by atoms with van der Waals surface area (Å²) in [5.41, 5.74) is 4.20. The summed E-state index contributed by atoms with van der Waals surface area (Å²) in [4.78, 5) is 29.0. The minimum Gasteiger partial charge on any atom is -0.352 e. The first-order valence-electron chi connectivity index (χ1n) is 11.7. The van der Waals surface area contributed by atoms with Crippen LogP contribution in [-0.4, -0.2) is 32.3 Å². The van der Waals surface area contributed by atoms with E-state index in [2.05, 4.69) is 25.3 Å². The SMILES string of the molecule is Cc1cc(F)nc2c(-c3ccccn3)c(-c3ccnc(NC(=O)[C@@H](CC(F)F)c4ccc(F)cc4)c3)[nH]c12. The largest absolute Gasteiger partial charge is 0.352 e. The van der Waals surface area contributed by atoms with Crippen molar-refractivity contribution in [2.24, 2.45) is 0 Å². The number of nitrogens with one attached hydrogen (secondary N) is 2. The number of amides is 1. The number of alkyl halides is 2. The van der Waals surface area contributed by atoms with Gasteiger partial charge in [-0.05, 0) is 60.5 Å². The van der Waals surface area contributed by atoms with Crippen molar-refractivity contribution in [1.29, 1.82) is 0 Å². The molecule has 10 heteroatoms. The van der Waals surface area contributed by atoms with E-state index in [1.807, 2.05) is 0 Å². The number of benzene rings is 1. The van der Waals surface area contributed by atoms with Gasteiger partial charge in [-0.25, -0.2) is 23.1 Å². The fourth-order valence-electron chi connectivity index (χ4n) is 4.39. The Morgan fingerprint density at radius 1 is 1.00 bits per heavy atom. The Labute approximate surface area is 214 Å². The van der Waals surface area contributed by atoms with Crippen LogP contribution < -0.4 is 5.32 Å². The average molecular weight is 520 g/mol. The Kier molecular flexibility index (Phi) is 6.87. The predicted molar refractivity (Wildman–Crippen MR) is 136 cm³/mol. The van der Waals surface area contributed by atoms with Gasteiger partial charge in [0.1, 0.15) is 17.2 Å². The van der Waals surface area contributed by atoms with Crippen LogP contribution in [0, 0.1) is 18.7 Å². The molecule has 0 saturated carbocycles. The van der Waals surface area contributed by atoms with E-state index in [1.54, 1.807) is 43.5 Å². The summed E-state index contributed by atoms with van der Waals surface area (Å²) in [5.74, 6) is -2.97. The first kappa shape index (κ1) is 25.1. The van der Waals surface area contributed by atoms with Crippen LogP contribution in [-0.2, 0) is 4.79 Å². The topological polar surface area (TPSA) is 83.6 Å². The van der Waals surface area contributed by atoms with Crippen molar-refractivity contribution in [3.05, 3.63) is 95.9 Å². The minimum absolute atomic E-state index is 0.121. The third kappa shape index (κ3) is 5.10. The van der Waals surface area contributed by atoms with Crippen LogP contribution >= 0.6 is 0 Å². The van der Waals surface area contributed by atoms with E-state index in [0.717, 1.165) is 12.1 Å². The summed E-state index contributed by atoms with van der Waals surface area (Å²) in [7, 11) is 0. The predicted octanol–water partition coefficient (Wildman–Crippen LogP) is 6.65. The molecule has 2 N–H and O–H groups in total. The van der Waals surface area contributed by atoms with Crippen molar-refractivity contribution >= 4 is 22.8 Å². The molecule has 4 aromatic heterocycles. The van der Waals surface area contributed by atoms with Gasteiger partial charge in [0.25, 0.3) is 0 Å². The molecule has 1 atom stereocenters. The average Bonchev–Trinajstić information content (AvgIpc) is 3.28. The van der Waals surface area contributed by atoms with Crippen molar-refractivity contribution in [2.45, 2.75) is 25.7 Å². The Hall–Kier alpha value is -4.60. The number of halogens is 4. The highest BCUT2D eigenvalue weighted by Gasteiger charge is 2.26. The van der Waals surface area contributed by atoms with Gasteiger partial charge in [-0.1, -0.05) is 18.2 Å². The quantitative estimate of drug-likeness (QED) is 0.186. The first-order valence-corrected chi connectivity index (χ1v) is 11.7. The molecule has 0 fully saturated rings. The molecule has 6 nitrogen and oxygen atoms in total. The van der Waals surface area contributed by atoms with Crippen LogP contribution in [0.25, 0.3) is 33.5 Å². The van der Waals surface area contributed by atoms with Crippen LogP contribution in [0.4, 0.5) is 23.4 Å². The lowest BCUT2D eigenvalue weighted by Gasteiger charge is -2.17. The van der Waals surface area contributed by atoms with Gasteiger partial charge in [-0.15, -0.1) is 0 Å². The number of hydrogen-bond acceptors (Lipinski definition) is 4. The molecule has 0 saturated heterocycles. The molecule has 0 unspecified atom stereocenters. The van der Waals surface area contributed by atoms with Gasteiger partial charge < -0.3 is 10.3 Å². The molecule has 0 spiro atoms. The zero-order valence-electron chi connectivity index (χ0n) is 20.1. The van der Waals surface area contributed by atoms with Crippen LogP contribution in [0.5, 0.6) is 0 Å². The number of aromatic nitrogens is 4. The van der Waals surface area contributed by atoms with Gasteiger partial charge in [0.2, 0.25) is 18.3 Å². The second-order valence-corrected chi connectivity index (χ2v) is 8.73. The minimum atomic E-state index is -2.75. The number of rotatable bonds is 7. The number of carbonyl (C=O) groups is 1. The normalized spacial score (nSPS) is 12.2. The Morgan fingerprint density at radius 2 is 1.79 bits per heavy atom. The summed E-state index contributed by atoms with van der Waals surface area (Å²) >= 11 is 0. The molecule has 5 aromatic rings. The van der Waals surface area contributed by atoms with Crippen LogP contribution in [0.3, 0.4) is 0 Å². The van der Waals surface area contributed by atoms with Crippen LogP contribution in [0.15, 0.2) is 73.1 Å². The smallest absolute Gasteiger partial charge is 0.239 e. The highest BCUT2D eigenvalue weighted by molar-refractivity contribution is 6.02. The third-order valence-electron chi connectivity index (χ3n) is 6.15. The molecule has 38 heavy (non-hydrogen) atoms. The molecule has 0 aliphatic rings. The zero-order chi connectivity index (χ0) is 26.8. The van der Waals surface area contributed by atoms with Crippen molar-refractivity contribution in [2.75, 3.05) is 5.32 Å². The fourth-order valence-corrected chi connectivity index (χ4v) is 4.39. The fraction of sp³-hybridized carbons (Fsp3) is 0.143. The Bertz CT molecular complexity index is 1600. The molecule has 192 valence electrons. The summed E-state index contributed by atoms with van der Waals surface area (Å²) in [6.45, 7) is 1.76. The molecule has 0 bridgehead atoms. The number of fused-ring (bicyclic) bond motifs is 1. The highest BCUT2D eigenvalue weighted by atomic mass is 19.3. The van der Waals surface area contributed by atoms with Gasteiger partial charge in [-0.2, -0.15) is 4.39 Å². The second-order valence-electron chi connectivity index (χ2n) is 8.73. The van der Waals surface area contributed by atoms with E-state index < -0.39 is 36.4 Å². The van der Waals surface area contributed by atoms with Gasteiger partial charge >= 0.3 is 0 Å². The van der Waals surface area contributed by atoms with Crippen molar-refractivity contribution in [3.8, 4) is 22.5 Å². The second kappa shape index (κ2) is 10.4. The number of pyridine rings is 3. The van der Waals surface area contributed by atoms with Gasteiger partial charge in [0.05, 0.1) is 28.4 Å². The van der Waals surface area contributed by atoms with Gasteiger partial charge in [0.15, 0.2) is 0 Å². The first-order chi connectivity index (χ1) is 18.3. The van der Waals surface area contributed by atoms with Gasteiger partial charge in [-0.3, -0.25) is 9.78 Å². The lowest BCUT2D eigenvalue weighted by atomic mass is 9.95. The standard InChI is InChI=1S/C28H21F4N5O/c1-15-12-22(32)35-27-24(20-4-2-3-10-33-20)26(37-25(15)27)17-9-11-34-23(13-17)36-28(38)19(14-21(30)31)16-5-7-18(29)8-6-16/h2-13,19,21,37H,14H2,1H3,(H,34,36,38)/t19-/m0/s1. The third-order valence-corrected chi connectivity index (χ3v) is 6.15. The summed E-state index contributed by atoms with van der Waals surface area (Å²) in [6, 6.07) is 14.8. The number of nitrogens with zero attached hydrogens (tertiary/aromatic N) is 3. The molecule has 0 aliphatic heterocycles. The van der Waals surface area contributed by atoms with Crippen molar-refractivity contribution in [1.82, 2.24) is 19.9 Å². The van der Waals surface area contributed by atoms with Gasteiger partial charge in [0, 0.05) is 24.4 Å². The maximum absolute atomic E-state index is 14.3. The van der Waals surface area contributed by atoms with Crippen LogP contribution in [0.2, 0.25) is 0 Å². The molecule has 0 radical (unpaired) electrons. The molecular formula is C28H21F4N5O. The lowest BCUT2D eigenvalue weighted by molar-refractivity contribution is -0.118. The van der Waals surface area contributed by atoms with Crippen molar-refractivity contribution in [3.63, 3.8) is 0 Å². The number of hydrogen-bond donors (Lipinski definition) is 2. The van der Waals surface area contributed by atoms with Crippen molar-refractivity contribution < 1.29 is 22.4 Å². The van der Waals surface area contributed by atoms with E-state index in [0.29, 0.717) is 39.1 Å². The maximum Gasteiger partial charge on any atom is 0.239 e. The number of anilines is 1. The van der Waals surface area contributed by atoms with E-state index >= 15 is 0 Å². The Balaban J connectivity index is 1.54. The number of H-pyrrole nitrogens is 1. The molecule has 4 heterocycles. The molecule has 5 rings (SSSR count). The van der Waals surface area contributed by atoms with Crippen LogP contribution in [0.1, 0.15) is 23.5 Å². The van der Waals surface area contributed by atoms with E-state index in [4.69, 9.17) is 0 Å². The molecule has 0 aliphatic carbocycles. The van der Waals surface area contributed by atoms with E-state index in [9.17, 15) is 22.4 Å².